The van der Waals surface area contributed by atoms with Crippen molar-refractivity contribution < 1.29 is 4.74 Å². The summed E-state index contributed by atoms with van der Waals surface area (Å²) in [5.74, 6) is 3.30. The zero-order valence-corrected chi connectivity index (χ0v) is 9.49. The molecule has 3 heteroatoms. The van der Waals surface area contributed by atoms with Crippen LogP contribution in [0.5, 0.6) is 5.75 Å². The highest BCUT2D eigenvalue weighted by Crippen LogP contribution is 2.33. The SMILES string of the molecule is COc1ccc2[nH]c3c(c2c1)CSCC3. The Kier molecular flexibility index (Phi) is 2.13. The smallest absolute Gasteiger partial charge is 0.119 e. The molecule has 0 radical (unpaired) electrons. The average molecular weight is 219 g/mol. The molecule has 2 nitrogen and oxygen atoms in total. The van der Waals surface area contributed by atoms with Crippen molar-refractivity contribution in [3.63, 3.8) is 0 Å². The van der Waals surface area contributed by atoms with E-state index in [1.54, 1.807) is 7.11 Å². The number of methoxy groups -OCH3 is 1. The third-order valence-electron chi connectivity index (χ3n) is 2.94. The summed E-state index contributed by atoms with van der Waals surface area (Å²) in [6.45, 7) is 0. The minimum atomic E-state index is 0.944. The van der Waals surface area contributed by atoms with Gasteiger partial charge in [-0.3, -0.25) is 0 Å². The Hall–Kier alpha value is -1.09. The number of nitrogens with one attached hydrogen (secondary N) is 1. The molecule has 1 aromatic heterocycles. The quantitative estimate of drug-likeness (QED) is 0.797. The van der Waals surface area contributed by atoms with E-state index in [0.29, 0.717) is 0 Å². The molecule has 3 rings (SSSR count). The first-order valence-corrected chi connectivity index (χ1v) is 6.29. The standard InChI is InChI=1S/C12H13NOS/c1-14-8-2-3-11-9(6-8)10-7-15-5-4-12(10)13-11/h2-3,6,13H,4-5,7H2,1H3. The summed E-state index contributed by atoms with van der Waals surface area (Å²) in [5, 5.41) is 1.33. The van der Waals surface area contributed by atoms with Gasteiger partial charge in [0.1, 0.15) is 5.75 Å². The van der Waals surface area contributed by atoms with E-state index in [-0.39, 0.29) is 0 Å². The van der Waals surface area contributed by atoms with Gasteiger partial charge in [-0.2, -0.15) is 11.8 Å². The number of aryl methyl sites for hydroxylation is 1. The highest BCUT2D eigenvalue weighted by molar-refractivity contribution is 7.98. The van der Waals surface area contributed by atoms with Crippen molar-refractivity contribution in [2.24, 2.45) is 0 Å². The maximum atomic E-state index is 5.26. The number of aromatic nitrogens is 1. The predicted octanol–water partition coefficient (Wildman–Crippen LogP) is 2.97. The van der Waals surface area contributed by atoms with E-state index in [1.165, 1.54) is 27.9 Å². The lowest BCUT2D eigenvalue weighted by Gasteiger charge is -2.10. The maximum absolute atomic E-state index is 5.26. The Morgan fingerprint density at radius 1 is 1.40 bits per heavy atom. The van der Waals surface area contributed by atoms with E-state index in [1.807, 2.05) is 17.8 Å². The number of thioether (sulfide) groups is 1. The van der Waals surface area contributed by atoms with Crippen molar-refractivity contribution in [1.29, 1.82) is 0 Å². The topological polar surface area (TPSA) is 25.0 Å². The van der Waals surface area contributed by atoms with Gasteiger partial charge in [-0.05, 0) is 35.9 Å². The number of benzene rings is 1. The third-order valence-corrected chi connectivity index (χ3v) is 3.93. The van der Waals surface area contributed by atoms with E-state index < -0.39 is 0 Å². The summed E-state index contributed by atoms with van der Waals surface area (Å²) < 4.78 is 5.26. The number of hydrogen-bond donors (Lipinski definition) is 1. The Bertz CT molecular complexity index is 504. The second-order valence-electron chi connectivity index (χ2n) is 3.80. The Labute approximate surface area is 93.0 Å². The summed E-state index contributed by atoms with van der Waals surface area (Å²) in [5.41, 5.74) is 4.13. The van der Waals surface area contributed by atoms with Crippen molar-refractivity contribution in [3.05, 3.63) is 29.5 Å². The van der Waals surface area contributed by atoms with E-state index in [2.05, 4.69) is 17.1 Å². The van der Waals surface area contributed by atoms with E-state index >= 15 is 0 Å². The van der Waals surface area contributed by atoms with Crippen LogP contribution in [0.4, 0.5) is 0 Å². The second-order valence-corrected chi connectivity index (χ2v) is 4.90. The zero-order chi connectivity index (χ0) is 10.3. The molecule has 0 spiro atoms. The van der Waals surface area contributed by atoms with Gasteiger partial charge < -0.3 is 9.72 Å². The number of rotatable bonds is 1. The number of aromatic amines is 1. The minimum absolute atomic E-state index is 0.944. The molecule has 15 heavy (non-hydrogen) atoms. The highest BCUT2D eigenvalue weighted by Gasteiger charge is 2.15. The first kappa shape index (κ1) is 9.16. The Balaban J connectivity index is 2.24. The summed E-state index contributed by atoms with van der Waals surface area (Å²) in [6, 6.07) is 6.26. The largest absolute Gasteiger partial charge is 0.497 e. The summed E-state index contributed by atoms with van der Waals surface area (Å²) in [6.07, 6.45) is 1.16. The predicted molar refractivity (Wildman–Crippen MR) is 64.7 cm³/mol. The molecule has 1 aliphatic rings. The molecule has 0 aliphatic carbocycles. The number of hydrogen-bond acceptors (Lipinski definition) is 2. The van der Waals surface area contributed by atoms with Crippen LogP contribution in [0.3, 0.4) is 0 Å². The molecule has 78 valence electrons. The first-order valence-electron chi connectivity index (χ1n) is 5.13. The van der Waals surface area contributed by atoms with Crippen LogP contribution in [-0.4, -0.2) is 17.8 Å². The van der Waals surface area contributed by atoms with Crippen LogP contribution in [0.15, 0.2) is 18.2 Å². The van der Waals surface area contributed by atoms with Crippen molar-refractivity contribution in [2.75, 3.05) is 12.9 Å². The van der Waals surface area contributed by atoms with Gasteiger partial charge in [0.25, 0.3) is 0 Å². The first-order chi connectivity index (χ1) is 7.38. The van der Waals surface area contributed by atoms with Gasteiger partial charge in [0.2, 0.25) is 0 Å². The normalized spacial score (nSPS) is 15.3. The van der Waals surface area contributed by atoms with Crippen LogP contribution in [0.2, 0.25) is 0 Å². The lowest BCUT2D eigenvalue weighted by molar-refractivity contribution is 0.415. The second kappa shape index (κ2) is 3.49. The van der Waals surface area contributed by atoms with E-state index in [9.17, 15) is 0 Å². The highest BCUT2D eigenvalue weighted by atomic mass is 32.2. The Morgan fingerprint density at radius 2 is 2.33 bits per heavy atom. The summed E-state index contributed by atoms with van der Waals surface area (Å²) in [4.78, 5) is 3.50. The van der Waals surface area contributed by atoms with Crippen LogP contribution in [0.1, 0.15) is 11.3 Å². The molecule has 0 unspecified atom stereocenters. The fraction of sp³-hybridized carbons (Fsp3) is 0.333. The van der Waals surface area contributed by atoms with Gasteiger partial charge in [0, 0.05) is 22.3 Å². The molecule has 0 fully saturated rings. The summed E-state index contributed by atoms with van der Waals surface area (Å²) in [7, 11) is 1.72. The third kappa shape index (κ3) is 1.42. The van der Waals surface area contributed by atoms with Crippen LogP contribution < -0.4 is 4.74 Å². The average Bonchev–Trinajstić information content (AvgIpc) is 2.66. The molecule has 0 saturated carbocycles. The molecule has 0 atom stereocenters. The zero-order valence-electron chi connectivity index (χ0n) is 8.67. The Morgan fingerprint density at radius 3 is 3.20 bits per heavy atom. The lowest BCUT2D eigenvalue weighted by Crippen LogP contribution is -1.99. The minimum Gasteiger partial charge on any atom is -0.497 e. The fourth-order valence-corrected chi connectivity index (χ4v) is 3.16. The molecule has 0 saturated heterocycles. The van der Waals surface area contributed by atoms with Gasteiger partial charge in [0.15, 0.2) is 0 Å². The van der Waals surface area contributed by atoms with Crippen LogP contribution in [0, 0.1) is 0 Å². The van der Waals surface area contributed by atoms with Crippen molar-refractivity contribution in [1.82, 2.24) is 4.98 Å². The molecular formula is C12H13NOS. The van der Waals surface area contributed by atoms with Crippen molar-refractivity contribution in [2.45, 2.75) is 12.2 Å². The van der Waals surface area contributed by atoms with Crippen molar-refractivity contribution >= 4 is 22.7 Å². The van der Waals surface area contributed by atoms with Crippen LogP contribution in [0.25, 0.3) is 10.9 Å². The number of ether oxygens (including phenoxy) is 1. The van der Waals surface area contributed by atoms with E-state index in [4.69, 9.17) is 4.74 Å². The fourth-order valence-electron chi connectivity index (χ4n) is 2.14. The van der Waals surface area contributed by atoms with Gasteiger partial charge in [-0.1, -0.05) is 0 Å². The van der Waals surface area contributed by atoms with E-state index in [0.717, 1.165) is 17.9 Å². The molecule has 2 aromatic rings. The molecule has 0 bridgehead atoms. The lowest BCUT2D eigenvalue weighted by atomic mass is 10.1. The van der Waals surface area contributed by atoms with Crippen molar-refractivity contribution in [3.8, 4) is 5.75 Å². The molecule has 1 aromatic carbocycles. The monoisotopic (exact) mass is 219 g/mol. The molecule has 1 N–H and O–H groups in total. The number of H-pyrrole nitrogens is 1. The van der Waals surface area contributed by atoms with Crippen LogP contribution >= 0.6 is 11.8 Å². The van der Waals surface area contributed by atoms with Crippen LogP contribution in [-0.2, 0) is 12.2 Å². The maximum Gasteiger partial charge on any atom is 0.119 e. The number of fused-ring (bicyclic) bond motifs is 3. The molecular weight excluding hydrogens is 206 g/mol. The molecule has 2 heterocycles. The van der Waals surface area contributed by atoms with Gasteiger partial charge in [0.05, 0.1) is 7.11 Å². The molecule has 1 aliphatic heterocycles. The van der Waals surface area contributed by atoms with Gasteiger partial charge in [-0.25, -0.2) is 0 Å². The van der Waals surface area contributed by atoms with Gasteiger partial charge >= 0.3 is 0 Å². The van der Waals surface area contributed by atoms with Gasteiger partial charge in [-0.15, -0.1) is 0 Å². The molecule has 0 amide bonds. The summed E-state index contributed by atoms with van der Waals surface area (Å²) >= 11 is 2.01.